The standard InChI is InChI=1S/C20H22N4O3/c1-3-4-10-27-24-19-16(11-21-13-22-19)18(17(12-25)20(24)26)23-14(2)15-8-6-5-7-9-15/h5-9,11-14,23H,3-4,10H2,1-2H3. The van der Waals surface area contributed by atoms with Gasteiger partial charge in [-0.15, -0.1) is 4.73 Å². The van der Waals surface area contributed by atoms with Gasteiger partial charge in [0.15, 0.2) is 11.9 Å². The Morgan fingerprint density at radius 2 is 2.07 bits per heavy atom. The lowest BCUT2D eigenvalue weighted by molar-refractivity contribution is 0.104. The Labute approximate surface area is 157 Å². The second kappa shape index (κ2) is 8.44. The van der Waals surface area contributed by atoms with Gasteiger partial charge in [-0.1, -0.05) is 43.7 Å². The van der Waals surface area contributed by atoms with E-state index >= 15 is 0 Å². The minimum Gasteiger partial charge on any atom is -0.409 e. The molecule has 27 heavy (non-hydrogen) atoms. The highest BCUT2D eigenvalue weighted by Gasteiger charge is 2.20. The van der Waals surface area contributed by atoms with Gasteiger partial charge in [-0.05, 0) is 18.9 Å². The van der Waals surface area contributed by atoms with Crippen LogP contribution in [-0.4, -0.2) is 27.6 Å². The molecule has 3 aromatic rings. The summed E-state index contributed by atoms with van der Waals surface area (Å²) < 4.78 is 1.09. The number of fused-ring (bicyclic) bond motifs is 1. The molecule has 3 rings (SSSR count). The van der Waals surface area contributed by atoms with Crippen molar-refractivity contribution in [3.05, 3.63) is 64.3 Å². The molecule has 1 atom stereocenters. The van der Waals surface area contributed by atoms with E-state index in [1.807, 2.05) is 44.2 Å². The monoisotopic (exact) mass is 366 g/mol. The first-order chi connectivity index (χ1) is 13.2. The molecular weight excluding hydrogens is 344 g/mol. The maximum atomic E-state index is 12.9. The number of aromatic nitrogens is 3. The summed E-state index contributed by atoms with van der Waals surface area (Å²) in [4.78, 5) is 38.5. The van der Waals surface area contributed by atoms with E-state index in [0.29, 0.717) is 29.6 Å². The summed E-state index contributed by atoms with van der Waals surface area (Å²) in [6.45, 7) is 4.35. The third kappa shape index (κ3) is 3.81. The molecule has 0 amide bonds. The van der Waals surface area contributed by atoms with Gasteiger partial charge in [-0.2, -0.15) is 0 Å². The molecule has 7 heteroatoms. The molecule has 0 saturated heterocycles. The van der Waals surface area contributed by atoms with Crippen LogP contribution in [0.1, 0.15) is 48.7 Å². The fourth-order valence-electron chi connectivity index (χ4n) is 2.85. The van der Waals surface area contributed by atoms with E-state index in [1.54, 1.807) is 6.20 Å². The van der Waals surface area contributed by atoms with E-state index in [2.05, 4.69) is 15.3 Å². The number of hydrogen-bond acceptors (Lipinski definition) is 6. The van der Waals surface area contributed by atoms with Gasteiger partial charge in [-0.3, -0.25) is 9.59 Å². The van der Waals surface area contributed by atoms with E-state index in [0.717, 1.165) is 23.1 Å². The van der Waals surface area contributed by atoms with Gasteiger partial charge in [0, 0.05) is 12.2 Å². The number of unbranched alkanes of at least 4 members (excludes halogenated alkanes) is 1. The number of rotatable bonds is 8. The molecule has 1 aromatic carbocycles. The van der Waals surface area contributed by atoms with Crippen molar-refractivity contribution < 1.29 is 9.63 Å². The van der Waals surface area contributed by atoms with Gasteiger partial charge in [0.2, 0.25) is 0 Å². The number of anilines is 1. The first kappa shape index (κ1) is 18.6. The first-order valence-electron chi connectivity index (χ1n) is 8.96. The summed E-state index contributed by atoms with van der Waals surface area (Å²) in [5, 5.41) is 3.83. The van der Waals surface area contributed by atoms with E-state index in [1.165, 1.54) is 6.33 Å². The smallest absolute Gasteiger partial charge is 0.297 e. The van der Waals surface area contributed by atoms with Crippen molar-refractivity contribution >= 4 is 23.0 Å². The third-order valence-electron chi connectivity index (χ3n) is 4.33. The van der Waals surface area contributed by atoms with Crippen molar-refractivity contribution in [2.24, 2.45) is 0 Å². The third-order valence-corrected chi connectivity index (χ3v) is 4.33. The van der Waals surface area contributed by atoms with E-state index in [9.17, 15) is 9.59 Å². The predicted octanol–water partition coefficient (Wildman–Crippen LogP) is 3.01. The van der Waals surface area contributed by atoms with Gasteiger partial charge >= 0.3 is 0 Å². The molecule has 7 nitrogen and oxygen atoms in total. The fourth-order valence-corrected chi connectivity index (χ4v) is 2.85. The number of carbonyl (C=O) groups excluding carboxylic acids is 1. The number of aldehydes is 1. The van der Waals surface area contributed by atoms with Crippen LogP contribution in [0.15, 0.2) is 47.7 Å². The van der Waals surface area contributed by atoms with Gasteiger partial charge in [-0.25, -0.2) is 9.97 Å². The van der Waals surface area contributed by atoms with Crippen molar-refractivity contribution in [2.45, 2.75) is 32.7 Å². The van der Waals surface area contributed by atoms with Crippen molar-refractivity contribution in [3.63, 3.8) is 0 Å². The number of benzene rings is 1. The largest absolute Gasteiger partial charge is 0.409 e. The molecule has 0 bridgehead atoms. The molecular formula is C20H22N4O3. The highest BCUT2D eigenvalue weighted by molar-refractivity contribution is 5.98. The van der Waals surface area contributed by atoms with Crippen LogP contribution in [0.3, 0.4) is 0 Å². The van der Waals surface area contributed by atoms with Crippen molar-refractivity contribution in [1.82, 2.24) is 14.7 Å². The van der Waals surface area contributed by atoms with Gasteiger partial charge < -0.3 is 10.2 Å². The molecule has 0 fully saturated rings. The average Bonchev–Trinajstić information content (AvgIpc) is 2.71. The minimum atomic E-state index is -0.532. The molecule has 0 saturated carbocycles. The van der Waals surface area contributed by atoms with Crippen LogP contribution < -0.4 is 15.7 Å². The quantitative estimate of drug-likeness (QED) is 0.487. The molecule has 0 aliphatic carbocycles. The Morgan fingerprint density at radius 1 is 1.30 bits per heavy atom. The molecule has 0 spiro atoms. The number of pyridine rings is 1. The van der Waals surface area contributed by atoms with Gasteiger partial charge in [0.1, 0.15) is 18.5 Å². The van der Waals surface area contributed by atoms with Crippen molar-refractivity contribution in [3.8, 4) is 0 Å². The Hall–Kier alpha value is -3.22. The zero-order valence-corrected chi connectivity index (χ0v) is 15.4. The van der Waals surface area contributed by atoms with Crippen LogP contribution in [0.4, 0.5) is 5.69 Å². The van der Waals surface area contributed by atoms with Crippen LogP contribution in [0.25, 0.3) is 11.0 Å². The summed E-state index contributed by atoms with van der Waals surface area (Å²) in [5.74, 6) is 0. The minimum absolute atomic E-state index is 0.00317. The second-order valence-corrected chi connectivity index (χ2v) is 6.23. The summed E-state index contributed by atoms with van der Waals surface area (Å²) in [6.07, 6.45) is 5.20. The fraction of sp³-hybridized carbons (Fsp3) is 0.300. The lowest BCUT2D eigenvalue weighted by Crippen LogP contribution is -2.32. The van der Waals surface area contributed by atoms with Crippen LogP contribution in [0.2, 0.25) is 0 Å². The molecule has 1 N–H and O–H groups in total. The van der Waals surface area contributed by atoms with Crippen LogP contribution in [0, 0.1) is 0 Å². The summed E-state index contributed by atoms with van der Waals surface area (Å²) in [6, 6.07) is 9.65. The van der Waals surface area contributed by atoms with Crippen LogP contribution in [0.5, 0.6) is 0 Å². The molecule has 1 unspecified atom stereocenters. The van der Waals surface area contributed by atoms with Crippen molar-refractivity contribution in [2.75, 3.05) is 11.9 Å². The van der Waals surface area contributed by atoms with Gasteiger partial charge in [0.05, 0.1) is 11.1 Å². The highest BCUT2D eigenvalue weighted by atomic mass is 16.7. The maximum absolute atomic E-state index is 12.9. The maximum Gasteiger partial charge on any atom is 0.297 e. The Morgan fingerprint density at radius 3 is 2.78 bits per heavy atom. The molecule has 2 heterocycles. The van der Waals surface area contributed by atoms with Crippen LogP contribution >= 0.6 is 0 Å². The summed E-state index contributed by atoms with van der Waals surface area (Å²) in [5.41, 5.74) is 1.24. The number of hydrogen-bond donors (Lipinski definition) is 1. The topological polar surface area (TPSA) is 86.1 Å². The van der Waals surface area contributed by atoms with E-state index in [-0.39, 0.29) is 11.6 Å². The Balaban J connectivity index is 2.11. The van der Waals surface area contributed by atoms with Gasteiger partial charge in [0.25, 0.3) is 5.56 Å². The lowest BCUT2D eigenvalue weighted by atomic mass is 10.1. The number of carbonyl (C=O) groups is 1. The van der Waals surface area contributed by atoms with Crippen LogP contribution in [-0.2, 0) is 0 Å². The molecule has 140 valence electrons. The zero-order chi connectivity index (χ0) is 19.2. The summed E-state index contributed by atoms with van der Waals surface area (Å²) in [7, 11) is 0. The number of nitrogens with one attached hydrogen (secondary N) is 1. The first-order valence-corrected chi connectivity index (χ1v) is 8.96. The Bertz CT molecular complexity index is 986. The SMILES string of the molecule is CCCCOn1c(=O)c(C=O)c(NC(C)c2ccccc2)c2cncnc21. The number of nitrogens with zero attached hydrogens (tertiary/aromatic N) is 3. The normalized spacial score (nSPS) is 11.9. The zero-order valence-electron chi connectivity index (χ0n) is 15.4. The predicted molar refractivity (Wildman–Crippen MR) is 104 cm³/mol. The molecule has 2 aromatic heterocycles. The second-order valence-electron chi connectivity index (χ2n) is 6.23. The molecule has 0 aliphatic heterocycles. The van der Waals surface area contributed by atoms with E-state index < -0.39 is 5.56 Å². The van der Waals surface area contributed by atoms with Crippen molar-refractivity contribution in [1.29, 1.82) is 0 Å². The highest BCUT2D eigenvalue weighted by Crippen LogP contribution is 2.26. The summed E-state index contributed by atoms with van der Waals surface area (Å²) >= 11 is 0. The average molecular weight is 366 g/mol. The van der Waals surface area contributed by atoms with E-state index in [4.69, 9.17) is 4.84 Å². The molecule has 0 aliphatic rings. The Kier molecular flexibility index (Phi) is 5.80. The molecule has 0 radical (unpaired) electrons. The lowest BCUT2D eigenvalue weighted by Gasteiger charge is -2.20.